The smallest absolute Gasteiger partial charge is 0.0670 e. The Morgan fingerprint density at radius 1 is 1.75 bits per heavy atom. The van der Waals surface area contributed by atoms with Gasteiger partial charge in [-0.15, -0.1) is 11.8 Å². The van der Waals surface area contributed by atoms with Crippen molar-refractivity contribution in [2.45, 2.75) is 17.4 Å². The highest BCUT2D eigenvalue weighted by molar-refractivity contribution is 8.10. The third kappa shape index (κ3) is 1.47. The maximum atomic E-state index is 10.2. The lowest BCUT2D eigenvalue weighted by Crippen LogP contribution is -2.04. The molecule has 2 nitrogen and oxygen atoms in total. The van der Waals surface area contributed by atoms with Crippen LogP contribution in [-0.2, 0) is 11.1 Å². The zero-order valence-corrected chi connectivity index (χ0v) is 5.96. The molecule has 0 aromatic carbocycles. The van der Waals surface area contributed by atoms with Gasteiger partial charge in [-0.25, -0.2) is 0 Å². The lowest BCUT2D eigenvalue weighted by Gasteiger charge is -2.10. The van der Waals surface area contributed by atoms with Crippen molar-refractivity contribution in [3.8, 4) is 0 Å². The molecular formula is C4H7O2S2-. The Kier molecular flexibility index (Phi) is 2.34. The van der Waals surface area contributed by atoms with E-state index in [2.05, 4.69) is 0 Å². The zero-order valence-electron chi connectivity index (χ0n) is 4.33. The SMILES string of the molecule is O=S([O-])C1CCCS1. The number of hydrogen-bond acceptors (Lipinski definition) is 3. The first kappa shape index (κ1) is 6.58. The summed E-state index contributed by atoms with van der Waals surface area (Å²) in [5.74, 6) is 1.01. The van der Waals surface area contributed by atoms with E-state index in [0.717, 1.165) is 18.6 Å². The molecule has 4 heteroatoms. The van der Waals surface area contributed by atoms with Crippen molar-refractivity contribution in [3.05, 3.63) is 0 Å². The van der Waals surface area contributed by atoms with Crippen molar-refractivity contribution in [3.63, 3.8) is 0 Å². The predicted octanol–water partition coefficient (Wildman–Crippen LogP) is 0.719. The molecule has 0 aromatic rings. The van der Waals surface area contributed by atoms with Gasteiger partial charge >= 0.3 is 0 Å². The van der Waals surface area contributed by atoms with E-state index in [1.807, 2.05) is 0 Å². The summed E-state index contributed by atoms with van der Waals surface area (Å²) >= 11 is -0.290. The third-order valence-corrected chi connectivity index (χ3v) is 3.78. The first-order valence-electron chi connectivity index (χ1n) is 2.50. The topological polar surface area (TPSA) is 40.1 Å². The molecule has 2 unspecified atom stereocenters. The standard InChI is InChI=1S/C4H8O2S2/c5-8(6)4-2-1-3-7-4/h4H,1-3H2,(H,5,6)/p-1. The fourth-order valence-electron chi connectivity index (χ4n) is 0.700. The van der Waals surface area contributed by atoms with Crippen LogP contribution in [0.25, 0.3) is 0 Å². The van der Waals surface area contributed by atoms with Crippen molar-refractivity contribution in [2.24, 2.45) is 0 Å². The molecule has 1 aliphatic heterocycles. The Balaban J connectivity index is 2.35. The van der Waals surface area contributed by atoms with Gasteiger partial charge in [-0.3, -0.25) is 4.21 Å². The van der Waals surface area contributed by atoms with Gasteiger partial charge in [0, 0.05) is 0 Å². The summed E-state index contributed by atoms with van der Waals surface area (Å²) in [6.07, 6.45) is 1.91. The lowest BCUT2D eigenvalue weighted by atomic mass is 10.4. The zero-order chi connectivity index (χ0) is 5.98. The molecule has 0 aromatic heterocycles. The summed E-state index contributed by atoms with van der Waals surface area (Å²) in [6, 6.07) is 0. The van der Waals surface area contributed by atoms with E-state index >= 15 is 0 Å². The predicted molar refractivity (Wildman–Crippen MR) is 34.4 cm³/mol. The van der Waals surface area contributed by atoms with E-state index < -0.39 is 11.1 Å². The minimum atomic E-state index is -1.83. The molecular weight excluding hydrogens is 144 g/mol. The van der Waals surface area contributed by atoms with Gasteiger partial charge in [-0.05, 0) is 29.7 Å². The summed E-state index contributed by atoms with van der Waals surface area (Å²) in [5.41, 5.74) is 0. The first-order valence-corrected chi connectivity index (χ1v) is 4.69. The average Bonchev–Trinajstić information content (AvgIpc) is 2.12. The Morgan fingerprint density at radius 2 is 2.50 bits per heavy atom. The Hall–Kier alpha value is 0.460. The summed E-state index contributed by atoms with van der Waals surface area (Å²) < 4.78 is 20.3. The van der Waals surface area contributed by atoms with Gasteiger partial charge in [-0.2, -0.15) is 0 Å². The van der Waals surface area contributed by atoms with Gasteiger partial charge in [-0.1, -0.05) is 0 Å². The lowest BCUT2D eigenvalue weighted by molar-refractivity contribution is 0.532. The van der Waals surface area contributed by atoms with Gasteiger partial charge in [0.2, 0.25) is 0 Å². The monoisotopic (exact) mass is 151 g/mol. The minimum absolute atomic E-state index is 0.102. The molecule has 0 amide bonds. The molecule has 0 saturated carbocycles. The summed E-state index contributed by atoms with van der Waals surface area (Å²) in [6.45, 7) is 0. The molecule has 0 N–H and O–H groups in total. The van der Waals surface area contributed by atoms with Crippen LogP contribution in [0.5, 0.6) is 0 Å². The molecule has 0 spiro atoms. The fourth-order valence-corrected chi connectivity index (χ4v) is 2.72. The van der Waals surface area contributed by atoms with Gasteiger partial charge in [0.15, 0.2) is 0 Å². The van der Waals surface area contributed by atoms with Crippen LogP contribution in [0.1, 0.15) is 12.8 Å². The molecule has 2 atom stereocenters. The second kappa shape index (κ2) is 2.85. The minimum Gasteiger partial charge on any atom is -0.771 e. The van der Waals surface area contributed by atoms with Crippen LogP contribution >= 0.6 is 11.8 Å². The number of rotatable bonds is 1. The molecule has 1 rings (SSSR count). The van der Waals surface area contributed by atoms with Crippen LogP contribution in [0.2, 0.25) is 0 Å². The highest BCUT2D eigenvalue weighted by Crippen LogP contribution is 2.27. The van der Waals surface area contributed by atoms with E-state index in [-0.39, 0.29) is 4.58 Å². The van der Waals surface area contributed by atoms with E-state index in [4.69, 9.17) is 0 Å². The Morgan fingerprint density at radius 3 is 2.75 bits per heavy atom. The largest absolute Gasteiger partial charge is 0.771 e. The van der Waals surface area contributed by atoms with Crippen LogP contribution in [-0.4, -0.2) is 19.1 Å². The molecule has 8 heavy (non-hydrogen) atoms. The molecule has 1 saturated heterocycles. The molecule has 0 aliphatic carbocycles. The van der Waals surface area contributed by atoms with Crippen LogP contribution in [0.3, 0.4) is 0 Å². The van der Waals surface area contributed by atoms with Crippen molar-refractivity contribution < 1.29 is 8.76 Å². The van der Waals surface area contributed by atoms with Crippen molar-refractivity contribution in [1.29, 1.82) is 0 Å². The molecule has 1 aliphatic rings. The van der Waals surface area contributed by atoms with Gasteiger partial charge < -0.3 is 4.55 Å². The highest BCUT2D eigenvalue weighted by Gasteiger charge is 2.14. The summed E-state index contributed by atoms with van der Waals surface area (Å²) in [5, 5.41) is 0. The molecule has 48 valence electrons. The highest BCUT2D eigenvalue weighted by atomic mass is 32.2. The van der Waals surface area contributed by atoms with Gasteiger partial charge in [0.05, 0.1) is 4.58 Å². The van der Waals surface area contributed by atoms with Gasteiger partial charge in [0.1, 0.15) is 0 Å². The second-order valence-electron chi connectivity index (χ2n) is 1.70. The quantitative estimate of drug-likeness (QED) is 0.518. The van der Waals surface area contributed by atoms with Crippen LogP contribution in [0.15, 0.2) is 0 Å². The third-order valence-electron chi connectivity index (χ3n) is 1.10. The maximum Gasteiger partial charge on any atom is 0.0670 e. The van der Waals surface area contributed by atoms with Crippen LogP contribution in [0, 0.1) is 0 Å². The first-order chi connectivity index (χ1) is 3.80. The Labute approximate surface area is 55.3 Å². The molecule has 1 fully saturated rings. The van der Waals surface area contributed by atoms with Gasteiger partial charge in [0.25, 0.3) is 0 Å². The van der Waals surface area contributed by atoms with Crippen molar-refractivity contribution in [2.75, 3.05) is 5.75 Å². The maximum absolute atomic E-state index is 10.2. The number of thioether (sulfide) groups is 1. The van der Waals surface area contributed by atoms with Crippen LogP contribution < -0.4 is 0 Å². The van der Waals surface area contributed by atoms with E-state index in [0.29, 0.717) is 0 Å². The van der Waals surface area contributed by atoms with E-state index in [9.17, 15) is 8.76 Å². The Bertz CT molecular complexity index is 98.2. The van der Waals surface area contributed by atoms with Crippen LogP contribution in [0.4, 0.5) is 0 Å². The van der Waals surface area contributed by atoms with Crippen molar-refractivity contribution >= 4 is 22.8 Å². The van der Waals surface area contributed by atoms with E-state index in [1.165, 1.54) is 11.8 Å². The number of hydrogen-bond donors (Lipinski definition) is 0. The molecule has 1 heterocycles. The average molecular weight is 151 g/mol. The second-order valence-corrected chi connectivity index (χ2v) is 4.40. The summed E-state index contributed by atoms with van der Waals surface area (Å²) in [7, 11) is 0. The van der Waals surface area contributed by atoms with E-state index in [1.54, 1.807) is 0 Å². The fraction of sp³-hybridized carbons (Fsp3) is 1.00. The molecule has 0 radical (unpaired) electrons. The summed E-state index contributed by atoms with van der Waals surface area (Å²) in [4.78, 5) is 0. The normalized spacial score (nSPS) is 32.9. The molecule has 0 bridgehead atoms. The van der Waals surface area contributed by atoms with Crippen molar-refractivity contribution in [1.82, 2.24) is 0 Å².